The topological polar surface area (TPSA) is 51.2 Å². The second kappa shape index (κ2) is 5.45. The lowest BCUT2D eigenvalue weighted by molar-refractivity contribution is -0.626. The van der Waals surface area contributed by atoms with E-state index >= 15 is 0 Å². The van der Waals surface area contributed by atoms with Gasteiger partial charge in [0.1, 0.15) is 5.39 Å². The van der Waals surface area contributed by atoms with Crippen molar-refractivity contribution in [2.75, 3.05) is 0 Å². The maximum absolute atomic E-state index is 8.73. The van der Waals surface area contributed by atoms with Gasteiger partial charge in [0.2, 0.25) is 0 Å². The lowest BCUT2D eigenvalue weighted by Gasteiger charge is -2.15. The van der Waals surface area contributed by atoms with E-state index in [1.807, 2.05) is 0 Å². The Morgan fingerprint density at radius 3 is 2.00 bits per heavy atom. The molecule has 0 spiro atoms. The van der Waals surface area contributed by atoms with Crippen molar-refractivity contribution in [3.63, 3.8) is 0 Å². The van der Waals surface area contributed by atoms with Crippen molar-refractivity contribution in [3.05, 3.63) is 0 Å². The maximum Gasteiger partial charge on any atom is 0.104 e. The Kier molecular flexibility index (Phi) is 5.35. The molecule has 0 rings (SSSR count). The summed E-state index contributed by atoms with van der Waals surface area (Å²) >= 11 is 0. The highest BCUT2D eigenvalue weighted by Gasteiger charge is 2.06. The van der Waals surface area contributed by atoms with Gasteiger partial charge in [-0.2, -0.15) is 0 Å². The Bertz CT molecular complexity index is 96.6. The van der Waals surface area contributed by atoms with Gasteiger partial charge in [0.15, 0.2) is 0 Å². The summed E-state index contributed by atoms with van der Waals surface area (Å²) in [5.74, 6) is 0. The van der Waals surface area contributed by atoms with Gasteiger partial charge in [-0.15, -0.1) is 0 Å². The quantitative estimate of drug-likeness (QED) is 0.491. The molecule has 0 aromatic rings. The van der Waals surface area contributed by atoms with E-state index in [1.54, 1.807) is 27.7 Å². The zero-order chi connectivity index (χ0) is 8.85. The molecule has 0 unspecified atom stereocenters. The molecule has 0 aliphatic rings. The largest absolute Gasteiger partial charge is 0.264 e. The van der Waals surface area contributed by atoms with Gasteiger partial charge >= 0.3 is 0 Å². The molecular weight excluding hydrogens is 150 g/mol. The van der Waals surface area contributed by atoms with E-state index in [2.05, 4.69) is 14.7 Å². The van der Waals surface area contributed by atoms with E-state index in [4.69, 9.17) is 5.21 Å². The van der Waals surface area contributed by atoms with E-state index in [0.29, 0.717) is 0 Å². The van der Waals surface area contributed by atoms with Crippen LogP contribution in [0.2, 0.25) is 0 Å². The van der Waals surface area contributed by atoms with Crippen LogP contribution >= 0.6 is 0 Å². The van der Waals surface area contributed by atoms with Gasteiger partial charge < -0.3 is 0 Å². The molecule has 0 saturated carbocycles. The Hall–Kier alpha value is -0.200. The first-order valence-corrected chi connectivity index (χ1v) is 3.51. The molecule has 0 aromatic heterocycles. The maximum atomic E-state index is 8.73. The van der Waals surface area contributed by atoms with Crippen LogP contribution in [0.15, 0.2) is 0 Å². The minimum Gasteiger partial charge on any atom is -0.264 e. The van der Waals surface area contributed by atoms with Gasteiger partial charge in [-0.3, -0.25) is 5.21 Å². The molecule has 0 aliphatic carbocycles. The third-order valence-corrected chi connectivity index (χ3v) is 0.600. The molecule has 68 valence electrons. The first kappa shape index (κ1) is 10.8. The van der Waals surface area contributed by atoms with Crippen LogP contribution < -0.4 is 0 Å². The second-order valence-electron chi connectivity index (χ2n) is 2.61. The van der Waals surface area contributed by atoms with Crippen molar-refractivity contribution in [2.45, 2.75) is 39.9 Å². The van der Waals surface area contributed by atoms with E-state index in [0.717, 1.165) is 0 Å². The normalized spacial score (nSPS) is 12.0. The van der Waals surface area contributed by atoms with Crippen molar-refractivity contribution < 1.29 is 19.9 Å². The van der Waals surface area contributed by atoms with Gasteiger partial charge in [0.25, 0.3) is 0 Å². The molecule has 1 N–H and O–H groups in total. The summed E-state index contributed by atoms with van der Waals surface area (Å²) in [7, 11) is 0. The van der Waals surface area contributed by atoms with E-state index < -0.39 is 0 Å². The summed E-state index contributed by atoms with van der Waals surface area (Å²) in [5.41, 5.74) is 0. The zero-order valence-electron chi connectivity index (χ0n) is 7.27. The minimum absolute atomic E-state index is 0.125. The fraction of sp³-hybridized carbons (Fsp3) is 1.00. The van der Waals surface area contributed by atoms with Crippen LogP contribution in [0.5, 0.6) is 0 Å². The Morgan fingerprint density at radius 1 is 1.09 bits per heavy atom. The van der Waals surface area contributed by atoms with Crippen LogP contribution in [0.3, 0.4) is 0 Å². The van der Waals surface area contributed by atoms with Gasteiger partial charge in [-0.05, 0) is 27.7 Å². The van der Waals surface area contributed by atoms with Gasteiger partial charge in [-0.1, -0.05) is 4.99 Å². The summed E-state index contributed by atoms with van der Waals surface area (Å²) in [6.45, 7) is 7.04. The molecule has 0 radical (unpaired) electrons. The summed E-state index contributed by atoms with van der Waals surface area (Å²) < 4.78 is 0. The van der Waals surface area contributed by atoms with Crippen LogP contribution in [0.4, 0.5) is 0 Å². The molecule has 0 aliphatic heterocycles. The van der Waals surface area contributed by atoms with Crippen LogP contribution in [0.25, 0.3) is 0 Å². The van der Waals surface area contributed by atoms with Crippen LogP contribution in [0, 0.1) is 0 Å². The highest BCUT2D eigenvalue weighted by Crippen LogP contribution is 1.96. The summed E-state index contributed by atoms with van der Waals surface area (Å²) in [4.78, 5) is 13.5. The van der Waals surface area contributed by atoms with E-state index in [9.17, 15) is 0 Å². The number of rotatable bonds is 5. The molecule has 11 heavy (non-hydrogen) atoms. The number of hydrogen-bond donors (Lipinski definition) is 1. The minimum atomic E-state index is -0.157. The lowest BCUT2D eigenvalue weighted by atomic mass is 10.5. The molecular formula is C6H15NO4. The second-order valence-corrected chi connectivity index (χ2v) is 2.61. The Morgan fingerprint density at radius 2 is 1.64 bits per heavy atom. The SMILES string of the molecule is CC(C)OON(O)OC(C)C. The molecule has 5 heteroatoms. The average Bonchev–Trinajstić information content (AvgIpc) is 1.82. The van der Waals surface area contributed by atoms with Crippen LogP contribution in [-0.2, 0) is 14.7 Å². The van der Waals surface area contributed by atoms with Gasteiger partial charge in [0.05, 0.1) is 12.2 Å². The molecule has 0 fully saturated rings. The van der Waals surface area contributed by atoms with Gasteiger partial charge in [0, 0.05) is 0 Å². The first-order chi connectivity index (χ1) is 5.02. The predicted octanol–water partition coefficient (Wildman–Crippen LogP) is 1.29. The fourth-order valence-electron chi connectivity index (χ4n) is 0.321. The van der Waals surface area contributed by atoms with Crippen molar-refractivity contribution in [1.29, 1.82) is 0 Å². The Balaban J connectivity index is 3.29. The number of hydrogen-bond acceptors (Lipinski definition) is 5. The van der Waals surface area contributed by atoms with Crippen molar-refractivity contribution in [1.82, 2.24) is 5.39 Å². The molecule has 5 nitrogen and oxygen atoms in total. The van der Waals surface area contributed by atoms with Crippen LogP contribution in [0.1, 0.15) is 27.7 Å². The summed E-state index contributed by atoms with van der Waals surface area (Å²) in [6, 6.07) is 0. The third kappa shape index (κ3) is 7.70. The van der Waals surface area contributed by atoms with E-state index in [1.165, 1.54) is 0 Å². The summed E-state index contributed by atoms with van der Waals surface area (Å²) in [6.07, 6.45) is -0.281. The average molecular weight is 165 g/mol. The van der Waals surface area contributed by atoms with Crippen molar-refractivity contribution in [3.8, 4) is 0 Å². The molecule has 0 heterocycles. The van der Waals surface area contributed by atoms with Gasteiger partial charge in [-0.25, -0.2) is 9.73 Å². The lowest BCUT2D eigenvalue weighted by Crippen LogP contribution is -2.25. The zero-order valence-corrected chi connectivity index (χ0v) is 7.27. The standard InChI is InChI=1S/C6H15NO4/c1-5(2)9-7(8)11-10-6(3)4/h5-6,8H,1-4H3. The monoisotopic (exact) mass is 165 g/mol. The molecule has 0 aromatic carbocycles. The molecule has 0 amide bonds. The third-order valence-electron chi connectivity index (χ3n) is 0.600. The summed E-state index contributed by atoms with van der Waals surface area (Å²) in [5, 5.41) is 8.93. The van der Waals surface area contributed by atoms with Crippen LogP contribution in [-0.4, -0.2) is 22.8 Å². The highest BCUT2D eigenvalue weighted by molar-refractivity contribution is 4.27. The number of nitrogens with zero attached hydrogens (tertiary/aromatic N) is 1. The molecule has 0 atom stereocenters. The first-order valence-electron chi connectivity index (χ1n) is 3.51. The smallest absolute Gasteiger partial charge is 0.104 e. The Labute approximate surface area is 66.3 Å². The van der Waals surface area contributed by atoms with Crippen molar-refractivity contribution >= 4 is 0 Å². The highest BCUT2D eigenvalue weighted by atomic mass is 17.4. The fourth-order valence-corrected chi connectivity index (χ4v) is 0.321. The van der Waals surface area contributed by atoms with Crippen molar-refractivity contribution in [2.24, 2.45) is 0 Å². The predicted molar refractivity (Wildman–Crippen MR) is 37.2 cm³/mol. The molecule has 0 bridgehead atoms. The van der Waals surface area contributed by atoms with E-state index in [-0.39, 0.29) is 17.6 Å². The molecule has 0 saturated heterocycles.